The molecule has 2 atom stereocenters. The third-order valence-corrected chi connectivity index (χ3v) is 6.04. The first kappa shape index (κ1) is 27.3. The molecule has 0 bridgehead atoms. The normalized spacial score (nSPS) is 16.6. The number of aromatic nitrogens is 2. The number of halogens is 4. The summed E-state index contributed by atoms with van der Waals surface area (Å²) in [4.78, 5) is 23.5. The van der Waals surface area contributed by atoms with Crippen LogP contribution in [-0.4, -0.2) is 62.5 Å². The van der Waals surface area contributed by atoms with E-state index in [0.717, 1.165) is 39.6 Å². The Hall–Kier alpha value is -3.25. The maximum Gasteiger partial charge on any atom is 0.490 e. The van der Waals surface area contributed by atoms with Crippen LogP contribution in [0.15, 0.2) is 53.0 Å². The number of aliphatic hydroxyl groups is 1. The minimum Gasteiger partial charge on any atom is -0.475 e. The van der Waals surface area contributed by atoms with Crippen molar-refractivity contribution in [3.05, 3.63) is 64.3 Å². The molecule has 192 valence electrons. The van der Waals surface area contributed by atoms with Gasteiger partial charge in [-0.05, 0) is 55.7 Å². The van der Waals surface area contributed by atoms with Crippen LogP contribution < -0.4 is 5.32 Å². The van der Waals surface area contributed by atoms with Crippen molar-refractivity contribution in [2.45, 2.75) is 38.1 Å². The summed E-state index contributed by atoms with van der Waals surface area (Å²) in [6.07, 6.45) is -4.37. The number of alkyl halides is 3. The standard InChI is InChI=1S/C22H23BrN4O2.C2HF3O2/c1-14-12-18-19(5-2-6-20(18)26-25-14)24-17-4-3-11-27(13-17)22(29)21(28)15-7-9-16(23)10-8-15;3-2(4,5)1(6)7/h2,5-10,12,17,21,24,28H,3-4,11,13H2,1H3;(H,6,7). The van der Waals surface area contributed by atoms with Crippen LogP contribution in [-0.2, 0) is 9.59 Å². The third kappa shape index (κ3) is 7.14. The molecular weight excluding hydrogens is 545 g/mol. The van der Waals surface area contributed by atoms with E-state index in [0.29, 0.717) is 18.7 Å². The van der Waals surface area contributed by atoms with Gasteiger partial charge in [0.25, 0.3) is 5.91 Å². The van der Waals surface area contributed by atoms with Crippen molar-refractivity contribution >= 4 is 44.4 Å². The van der Waals surface area contributed by atoms with Gasteiger partial charge in [0.1, 0.15) is 0 Å². The van der Waals surface area contributed by atoms with E-state index < -0.39 is 18.2 Å². The molecule has 2 heterocycles. The number of hydrogen-bond acceptors (Lipinski definition) is 6. The molecule has 0 spiro atoms. The largest absolute Gasteiger partial charge is 0.490 e. The summed E-state index contributed by atoms with van der Waals surface area (Å²) in [5.41, 5.74) is 3.31. The second-order valence-corrected chi connectivity index (χ2v) is 9.16. The van der Waals surface area contributed by atoms with Crippen molar-refractivity contribution in [2.75, 3.05) is 18.4 Å². The van der Waals surface area contributed by atoms with E-state index in [1.807, 2.05) is 43.3 Å². The first-order valence-corrected chi connectivity index (χ1v) is 11.8. The minimum atomic E-state index is -5.08. The monoisotopic (exact) mass is 568 g/mol. The van der Waals surface area contributed by atoms with Crippen molar-refractivity contribution in [3.8, 4) is 0 Å². The van der Waals surface area contributed by atoms with Crippen LogP contribution in [0.2, 0.25) is 0 Å². The smallest absolute Gasteiger partial charge is 0.475 e. The molecular formula is C24H24BrF3N4O4. The molecule has 0 aliphatic carbocycles. The topological polar surface area (TPSA) is 116 Å². The Morgan fingerprint density at radius 3 is 2.47 bits per heavy atom. The van der Waals surface area contributed by atoms with E-state index in [2.05, 4.69) is 31.4 Å². The van der Waals surface area contributed by atoms with E-state index in [9.17, 15) is 23.1 Å². The molecule has 0 radical (unpaired) electrons. The fourth-order valence-corrected chi connectivity index (χ4v) is 4.03. The van der Waals surface area contributed by atoms with Gasteiger partial charge in [-0.3, -0.25) is 4.79 Å². The second kappa shape index (κ2) is 11.7. The third-order valence-electron chi connectivity index (χ3n) is 5.51. The number of anilines is 1. The van der Waals surface area contributed by atoms with Gasteiger partial charge in [-0.1, -0.05) is 34.1 Å². The van der Waals surface area contributed by atoms with Crippen molar-refractivity contribution < 1.29 is 33.0 Å². The number of carboxylic acid groups (broad SMARTS) is 1. The molecule has 1 saturated heterocycles. The lowest BCUT2D eigenvalue weighted by Gasteiger charge is -2.35. The molecule has 12 heteroatoms. The van der Waals surface area contributed by atoms with Gasteiger partial charge in [-0.15, -0.1) is 0 Å². The zero-order chi connectivity index (χ0) is 26.5. The number of hydrogen-bond donors (Lipinski definition) is 3. The zero-order valence-electron chi connectivity index (χ0n) is 19.2. The van der Waals surface area contributed by atoms with Gasteiger partial charge >= 0.3 is 12.1 Å². The summed E-state index contributed by atoms with van der Waals surface area (Å²) in [7, 11) is 0. The molecule has 36 heavy (non-hydrogen) atoms. The van der Waals surface area contributed by atoms with Crippen LogP contribution in [0.5, 0.6) is 0 Å². The number of carbonyl (C=O) groups excluding carboxylic acids is 1. The molecule has 3 N–H and O–H groups in total. The molecule has 4 rings (SSSR count). The van der Waals surface area contributed by atoms with Gasteiger partial charge in [0, 0.05) is 34.7 Å². The van der Waals surface area contributed by atoms with E-state index in [1.165, 1.54) is 0 Å². The summed E-state index contributed by atoms with van der Waals surface area (Å²) in [5.74, 6) is -3.01. The van der Waals surface area contributed by atoms with Gasteiger partial charge < -0.3 is 20.4 Å². The lowest BCUT2D eigenvalue weighted by molar-refractivity contribution is -0.192. The molecule has 1 aliphatic heterocycles. The lowest BCUT2D eigenvalue weighted by Crippen LogP contribution is -2.46. The molecule has 1 fully saturated rings. The number of aryl methyl sites for hydroxylation is 1. The van der Waals surface area contributed by atoms with E-state index >= 15 is 0 Å². The second-order valence-electron chi connectivity index (χ2n) is 8.25. The van der Waals surface area contributed by atoms with Gasteiger partial charge in [0.2, 0.25) is 0 Å². The molecule has 8 nitrogen and oxygen atoms in total. The molecule has 2 aromatic carbocycles. The highest BCUT2D eigenvalue weighted by Crippen LogP contribution is 2.26. The summed E-state index contributed by atoms with van der Waals surface area (Å²) in [6.45, 7) is 3.14. The number of nitrogens with one attached hydrogen (secondary N) is 1. The lowest BCUT2D eigenvalue weighted by atomic mass is 10.0. The number of aliphatic carboxylic acids is 1. The minimum absolute atomic E-state index is 0.115. The van der Waals surface area contributed by atoms with Crippen LogP contribution in [0.1, 0.15) is 30.2 Å². The Balaban J connectivity index is 0.000000454. The Kier molecular flexibility index (Phi) is 8.85. The molecule has 1 amide bonds. The van der Waals surface area contributed by atoms with Crippen molar-refractivity contribution in [1.29, 1.82) is 0 Å². The highest BCUT2D eigenvalue weighted by Gasteiger charge is 2.38. The van der Waals surface area contributed by atoms with Crippen LogP contribution in [0, 0.1) is 6.92 Å². The number of amides is 1. The Bertz CT molecular complexity index is 1220. The predicted octanol–water partition coefficient (Wildman–Crippen LogP) is 4.47. The quantitative estimate of drug-likeness (QED) is 0.425. The summed E-state index contributed by atoms with van der Waals surface area (Å²) in [6, 6.07) is 15.3. The van der Waals surface area contributed by atoms with Gasteiger partial charge in [0.05, 0.1) is 11.2 Å². The average molecular weight is 569 g/mol. The number of rotatable bonds is 4. The maximum absolute atomic E-state index is 12.9. The van der Waals surface area contributed by atoms with Gasteiger partial charge in [0.15, 0.2) is 6.10 Å². The Morgan fingerprint density at radius 2 is 1.83 bits per heavy atom. The predicted molar refractivity (Wildman–Crippen MR) is 130 cm³/mol. The van der Waals surface area contributed by atoms with Gasteiger partial charge in [-0.25, -0.2) is 4.79 Å². The zero-order valence-corrected chi connectivity index (χ0v) is 20.8. The number of benzene rings is 2. The Morgan fingerprint density at radius 1 is 1.17 bits per heavy atom. The highest BCUT2D eigenvalue weighted by molar-refractivity contribution is 9.10. The molecule has 2 unspecified atom stereocenters. The SMILES string of the molecule is Cc1cc2c(NC3CCCN(C(=O)C(O)c4ccc(Br)cc4)C3)cccc2nn1.O=C(O)C(F)(F)F. The summed E-state index contributed by atoms with van der Waals surface area (Å²) < 4.78 is 32.7. The fraction of sp³-hybridized carbons (Fsp3) is 0.333. The van der Waals surface area contributed by atoms with E-state index in [4.69, 9.17) is 9.90 Å². The molecule has 0 saturated carbocycles. The first-order chi connectivity index (χ1) is 17.0. The highest BCUT2D eigenvalue weighted by atomic mass is 79.9. The fourth-order valence-electron chi connectivity index (χ4n) is 3.76. The number of carbonyl (C=O) groups is 2. The first-order valence-electron chi connectivity index (χ1n) is 11.0. The number of likely N-dealkylation sites (tertiary alicyclic amines) is 1. The molecule has 1 aliphatic rings. The molecule has 3 aromatic rings. The van der Waals surface area contributed by atoms with E-state index in [-0.39, 0.29) is 11.9 Å². The Labute approximate surface area is 213 Å². The van der Waals surface area contributed by atoms with E-state index in [1.54, 1.807) is 17.0 Å². The summed E-state index contributed by atoms with van der Waals surface area (Å²) >= 11 is 3.38. The number of nitrogens with zero attached hydrogens (tertiary/aromatic N) is 3. The number of aliphatic hydroxyl groups excluding tert-OH is 1. The average Bonchev–Trinajstić information content (AvgIpc) is 2.84. The molecule has 1 aromatic heterocycles. The van der Waals surface area contributed by atoms with Crippen LogP contribution in [0.4, 0.5) is 18.9 Å². The van der Waals surface area contributed by atoms with Crippen LogP contribution in [0.25, 0.3) is 10.9 Å². The van der Waals surface area contributed by atoms with Crippen LogP contribution in [0.3, 0.4) is 0 Å². The van der Waals surface area contributed by atoms with Crippen molar-refractivity contribution in [2.24, 2.45) is 0 Å². The number of fused-ring (bicyclic) bond motifs is 1. The maximum atomic E-state index is 12.9. The number of carboxylic acids is 1. The van der Waals surface area contributed by atoms with Crippen molar-refractivity contribution in [1.82, 2.24) is 15.1 Å². The van der Waals surface area contributed by atoms with Crippen molar-refractivity contribution in [3.63, 3.8) is 0 Å². The van der Waals surface area contributed by atoms with Crippen LogP contribution >= 0.6 is 15.9 Å². The van der Waals surface area contributed by atoms with Gasteiger partial charge in [-0.2, -0.15) is 23.4 Å². The number of piperidine rings is 1. The summed E-state index contributed by atoms with van der Waals surface area (Å²) in [5, 5.41) is 30.6.